The van der Waals surface area contributed by atoms with Gasteiger partial charge in [-0.05, 0) is 12.1 Å². The number of carboxylic acids is 2. The van der Waals surface area contributed by atoms with Crippen LogP contribution in [0.15, 0.2) is 36.5 Å². The first-order chi connectivity index (χ1) is 9.23. The minimum absolute atomic E-state index is 0.248. The van der Waals surface area contributed by atoms with Crippen LogP contribution >= 0.6 is 0 Å². The van der Waals surface area contributed by atoms with Gasteiger partial charge in [0, 0.05) is 11.6 Å². The lowest BCUT2D eigenvalue weighted by Gasteiger charge is -1.99. The number of fused-ring (bicyclic) bond motifs is 1. The fourth-order valence-electron chi connectivity index (χ4n) is 1.28. The van der Waals surface area contributed by atoms with Gasteiger partial charge in [0.05, 0.1) is 11.1 Å². The third kappa shape index (κ3) is 3.94. The van der Waals surface area contributed by atoms with E-state index in [1.165, 1.54) is 0 Å². The van der Waals surface area contributed by atoms with Crippen molar-refractivity contribution < 1.29 is 33.0 Å². The molecule has 20 heavy (non-hydrogen) atoms. The van der Waals surface area contributed by atoms with E-state index in [9.17, 15) is 18.0 Å². The highest BCUT2D eigenvalue weighted by molar-refractivity contribution is 6.01. The Morgan fingerprint density at radius 3 is 2.10 bits per heavy atom. The zero-order valence-electron chi connectivity index (χ0n) is 9.76. The molecule has 2 N–H and O–H groups in total. The lowest BCUT2D eigenvalue weighted by molar-refractivity contribution is -0.192. The summed E-state index contributed by atoms with van der Waals surface area (Å²) in [4.78, 5) is 23.7. The number of benzene rings is 1. The zero-order valence-corrected chi connectivity index (χ0v) is 9.76. The maximum absolute atomic E-state index is 10.8. The van der Waals surface area contributed by atoms with Crippen molar-refractivity contribution in [2.24, 2.45) is 0 Å². The lowest BCUT2D eigenvalue weighted by atomic mass is 10.1. The summed E-state index contributed by atoms with van der Waals surface area (Å²) >= 11 is 0. The highest BCUT2D eigenvalue weighted by atomic mass is 19.4. The first-order valence-electron chi connectivity index (χ1n) is 5.10. The molecule has 1 aromatic heterocycles. The molecule has 0 saturated carbocycles. The molecule has 2 rings (SSSR count). The van der Waals surface area contributed by atoms with Crippen molar-refractivity contribution >= 4 is 22.8 Å². The first kappa shape index (κ1) is 15.4. The molecule has 0 atom stereocenters. The highest BCUT2D eigenvalue weighted by Crippen LogP contribution is 2.15. The van der Waals surface area contributed by atoms with Crippen molar-refractivity contribution in [2.45, 2.75) is 6.18 Å². The largest absolute Gasteiger partial charge is 0.490 e. The predicted octanol–water partition coefficient (Wildman–Crippen LogP) is 2.57. The molecule has 8 heteroatoms. The Bertz CT molecular complexity index is 635. The molecule has 0 fully saturated rings. The fraction of sp³-hybridized carbons (Fsp3) is 0.0833. The maximum Gasteiger partial charge on any atom is 0.490 e. The van der Waals surface area contributed by atoms with Crippen LogP contribution in [0.1, 0.15) is 10.4 Å². The van der Waals surface area contributed by atoms with Gasteiger partial charge >= 0.3 is 18.1 Å². The normalized spacial score (nSPS) is 10.6. The van der Waals surface area contributed by atoms with Gasteiger partial charge in [-0.2, -0.15) is 13.2 Å². The van der Waals surface area contributed by atoms with Crippen molar-refractivity contribution in [3.63, 3.8) is 0 Å². The third-order valence-electron chi connectivity index (χ3n) is 2.11. The van der Waals surface area contributed by atoms with E-state index in [0.29, 0.717) is 5.52 Å². The Morgan fingerprint density at radius 1 is 1.05 bits per heavy atom. The fourth-order valence-corrected chi connectivity index (χ4v) is 1.28. The molecule has 0 radical (unpaired) electrons. The number of rotatable bonds is 1. The SMILES string of the molecule is O=C(O)C(F)(F)F.O=C(O)c1cccc2cccnc12. The monoisotopic (exact) mass is 287 g/mol. The second-order valence-corrected chi connectivity index (χ2v) is 3.49. The second-order valence-electron chi connectivity index (χ2n) is 3.49. The van der Waals surface area contributed by atoms with Gasteiger partial charge in [0.15, 0.2) is 0 Å². The molecule has 5 nitrogen and oxygen atoms in total. The number of alkyl halides is 3. The topological polar surface area (TPSA) is 87.5 Å². The summed E-state index contributed by atoms with van der Waals surface area (Å²) in [6, 6.07) is 8.74. The van der Waals surface area contributed by atoms with E-state index in [1.54, 1.807) is 24.4 Å². The molecule has 0 bridgehead atoms. The van der Waals surface area contributed by atoms with Gasteiger partial charge < -0.3 is 10.2 Å². The van der Waals surface area contributed by atoms with Gasteiger partial charge in [-0.1, -0.05) is 18.2 Å². The number of pyridine rings is 1. The van der Waals surface area contributed by atoms with Crippen molar-refractivity contribution in [3.8, 4) is 0 Å². The molecule has 1 heterocycles. The van der Waals surface area contributed by atoms with Gasteiger partial charge in [0.2, 0.25) is 0 Å². The van der Waals surface area contributed by atoms with E-state index in [0.717, 1.165) is 5.39 Å². The number of carbonyl (C=O) groups is 2. The summed E-state index contributed by atoms with van der Waals surface area (Å²) in [5.74, 6) is -3.70. The van der Waals surface area contributed by atoms with Crippen LogP contribution in [0.3, 0.4) is 0 Å². The van der Waals surface area contributed by atoms with Crippen LogP contribution in [-0.2, 0) is 4.79 Å². The summed E-state index contributed by atoms with van der Waals surface area (Å²) in [7, 11) is 0. The third-order valence-corrected chi connectivity index (χ3v) is 2.11. The number of aromatic nitrogens is 1. The molecule has 0 spiro atoms. The van der Waals surface area contributed by atoms with E-state index >= 15 is 0 Å². The Hall–Kier alpha value is -2.64. The van der Waals surface area contributed by atoms with Crippen LogP contribution in [-0.4, -0.2) is 33.3 Å². The number of nitrogens with zero attached hydrogens (tertiary/aromatic N) is 1. The van der Waals surface area contributed by atoms with Crippen LogP contribution in [0, 0.1) is 0 Å². The number of carboxylic acid groups (broad SMARTS) is 2. The van der Waals surface area contributed by atoms with Crippen molar-refractivity contribution in [1.82, 2.24) is 4.98 Å². The van der Waals surface area contributed by atoms with Crippen molar-refractivity contribution in [1.29, 1.82) is 0 Å². The average Bonchev–Trinajstić information content (AvgIpc) is 2.37. The van der Waals surface area contributed by atoms with E-state index < -0.39 is 18.1 Å². The number of aromatic carboxylic acids is 1. The molecule has 0 amide bonds. The first-order valence-corrected chi connectivity index (χ1v) is 5.10. The Balaban J connectivity index is 0.000000246. The zero-order chi connectivity index (χ0) is 15.3. The molecule has 1 aromatic carbocycles. The number of aliphatic carboxylic acids is 1. The maximum atomic E-state index is 10.8. The summed E-state index contributed by atoms with van der Waals surface area (Å²) in [5, 5.41) is 16.8. The van der Waals surface area contributed by atoms with E-state index in [4.69, 9.17) is 15.0 Å². The number of halogens is 3. The van der Waals surface area contributed by atoms with Gasteiger partial charge in [-0.25, -0.2) is 9.59 Å². The summed E-state index contributed by atoms with van der Waals surface area (Å²) in [6.45, 7) is 0. The quantitative estimate of drug-likeness (QED) is 0.841. The van der Waals surface area contributed by atoms with Gasteiger partial charge in [-0.15, -0.1) is 0 Å². The molecule has 0 aliphatic rings. The summed E-state index contributed by atoms with van der Waals surface area (Å²) in [6.07, 6.45) is -3.49. The summed E-state index contributed by atoms with van der Waals surface area (Å²) < 4.78 is 31.7. The Morgan fingerprint density at radius 2 is 1.60 bits per heavy atom. The lowest BCUT2D eigenvalue weighted by Crippen LogP contribution is -2.21. The Kier molecular flexibility index (Phi) is 4.63. The van der Waals surface area contributed by atoms with E-state index in [2.05, 4.69) is 4.98 Å². The van der Waals surface area contributed by atoms with Gasteiger partial charge in [0.25, 0.3) is 0 Å². The molecular formula is C12H8F3NO4. The molecule has 106 valence electrons. The summed E-state index contributed by atoms with van der Waals surface area (Å²) in [5.41, 5.74) is 0.788. The van der Waals surface area contributed by atoms with Crippen LogP contribution in [0.2, 0.25) is 0 Å². The molecule has 0 unspecified atom stereocenters. The average molecular weight is 287 g/mol. The molecule has 0 aliphatic heterocycles. The van der Waals surface area contributed by atoms with Crippen LogP contribution in [0.25, 0.3) is 10.9 Å². The van der Waals surface area contributed by atoms with Crippen LogP contribution in [0.4, 0.5) is 13.2 Å². The second kappa shape index (κ2) is 6.00. The number of hydrogen-bond donors (Lipinski definition) is 2. The van der Waals surface area contributed by atoms with Crippen molar-refractivity contribution in [3.05, 3.63) is 42.1 Å². The van der Waals surface area contributed by atoms with Crippen LogP contribution in [0.5, 0.6) is 0 Å². The minimum atomic E-state index is -5.08. The molecule has 0 saturated heterocycles. The van der Waals surface area contributed by atoms with E-state index in [-0.39, 0.29) is 5.56 Å². The van der Waals surface area contributed by atoms with Crippen LogP contribution < -0.4 is 0 Å². The molecule has 2 aromatic rings. The number of hydrogen-bond acceptors (Lipinski definition) is 3. The van der Waals surface area contributed by atoms with Gasteiger partial charge in [0.1, 0.15) is 0 Å². The predicted molar refractivity (Wildman–Crippen MR) is 62.4 cm³/mol. The smallest absolute Gasteiger partial charge is 0.478 e. The molecular weight excluding hydrogens is 279 g/mol. The highest BCUT2D eigenvalue weighted by Gasteiger charge is 2.38. The number of para-hydroxylation sites is 1. The van der Waals surface area contributed by atoms with Gasteiger partial charge in [-0.3, -0.25) is 4.98 Å². The van der Waals surface area contributed by atoms with Crippen molar-refractivity contribution in [2.75, 3.05) is 0 Å². The Labute approximate surface area is 110 Å². The standard InChI is InChI=1S/C10H7NO2.C2HF3O2/c12-10(13)8-5-1-3-7-4-2-6-11-9(7)8;3-2(4,5)1(6)7/h1-6H,(H,12,13);(H,6,7). The minimum Gasteiger partial charge on any atom is -0.478 e. The van der Waals surface area contributed by atoms with E-state index in [1.807, 2.05) is 12.1 Å². The molecule has 0 aliphatic carbocycles.